The maximum Gasteiger partial charge on any atom is 0.155 e. The van der Waals surface area contributed by atoms with Crippen molar-refractivity contribution in [2.45, 2.75) is 27.2 Å². The van der Waals surface area contributed by atoms with Crippen molar-refractivity contribution >= 4 is 29.7 Å². The average Bonchev–Trinajstić information content (AvgIpc) is 2.14. The van der Waals surface area contributed by atoms with E-state index in [4.69, 9.17) is 11.1 Å². The second kappa shape index (κ2) is 4.90. The fourth-order valence-corrected chi connectivity index (χ4v) is 3.26. The Bertz CT molecular complexity index is 309. The summed E-state index contributed by atoms with van der Waals surface area (Å²) >= 11 is 6.36. The molecule has 76 valence electrons. The van der Waals surface area contributed by atoms with E-state index < -0.39 is 7.72 Å². The van der Waals surface area contributed by atoms with Crippen LogP contribution in [0.4, 0.5) is 0 Å². The summed E-state index contributed by atoms with van der Waals surface area (Å²) in [6.45, 7) is 6.71. The normalized spacial score (nSPS) is 13.0. The van der Waals surface area contributed by atoms with Gasteiger partial charge in [-0.05, 0) is 17.0 Å². The van der Waals surface area contributed by atoms with Gasteiger partial charge >= 0.3 is 0 Å². The fourth-order valence-electron chi connectivity index (χ4n) is 1.11. The van der Waals surface area contributed by atoms with Crippen molar-refractivity contribution in [2.75, 3.05) is 0 Å². The number of hydrogen-bond donors (Lipinski definition) is 0. The first-order valence-corrected chi connectivity index (χ1v) is 7.49. The van der Waals surface area contributed by atoms with Crippen LogP contribution in [-0.2, 0) is 0 Å². The van der Waals surface area contributed by atoms with Crippen molar-refractivity contribution in [2.24, 2.45) is 5.41 Å². The smallest absolute Gasteiger partial charge is 0.133 e. The highest BCUT2D eigenvalue weighted by molar-refractivity contribution is 7.15. The van der Waals surface area contributed by atoms with Crippen LogP contribution in [0, 0.1) is 5.41 Å². The Morgan fingerprint density at radius 2 is 1.79 bits per heavy atom. The summed E-state index contributed by atoms with van der Waals surface area (Å²) in [4.78, 5) is 0. The van der Waals surface area contributed by atoms with Crippen LogP contribution in [0.15, 0.2) is 30.3 Å². The molecule has 0 aliphatic rings. The zero-order valence-electron chi connectivity index (χ0n) is 9.05. The quantitative estimate of drug-likeness (QED) is 0.536. The minimum Gasteiger partial charge on any atom is -0.133 e. The third-order valence-corrected chi connectivity index (χ3v) is 4.51. The van der Waals surface area contributed by atoms with E-state index in [0.29, 0.717) is 5.41 Å². The van der Waals surface area contributed by atoms with Gasteiger partial charge < -0.3 is 0 Å². The van der Waals surface area contributed by atoms with Gasteiger partial charge in [-0.15, -0.1) is 11.1 Å². The van der Waals surface area contributed by atoms with Crippen molar-refractivity contribution in [3.63, 3.8) is 0 Å². The Labute approximate surface area is 92.8 Å². The van der Waals surface area contributed by atoms with Crippen molar-refractivity contribution in [1.82, 2.24) is 0 Å². The van der Waals surface area contributed by atoms with Gasteiger partial charge in [0.1, 0.15) is 0 Å². The summed E-state index contributed by atoms with van der Waals surface area (Å²) in [6, 6.07) is 10.3. The zero-order valence-corrected chi connectivity index (χ0v) is 10.8. The first kappa shape index (κ1) is 11.7. The Hall–Kier alpha value is -0.403. The number of benzene rings is 1. The number of rotatable bonds is 2. The molecular weight excluding hydrogens is 208 g/mol. The maximum absolute atomic E-state index is 6.36. The van der Waals surface area contributed by atoms with Crippen LogP contribution < -0.4 is 5.19 Å². The van der Waals surface area contributed by atoms with Crippen molar-refractivity contribution in [3.8, 4) is 0 Å². The standard InChI is InChI=1S/C12H17ClSi/c1-12(2,3)9-10-14(13)11-7-5-4-6-8-11/h4-8,10H,9H2,1-3H3. The summed E-state index contributed by atoms with van der Waals surface area (Å²) in [7, 11) is -0.953. The predicted octanol–water partition coefficient (Wildman–Crippen LogP) is 2.94. The molecule has 0 N–H and O–H groups in total. The lowest BCUT2D eigenvalue weighted by Crippen LogP contribution is -2.20. The highest BCUT2D eigenvalue weighted by Gasteiger charge is 2.08. The van der Waals surface area contributed by atoms with Gasteiger partial charge in [0, 0.05) is 0 Å². The maximum atomic E-state index is 6.36. The van der Waals surface area contributed by atoms with E-state index in [1.54, 1.807) is 0 Å². The van der Waals surface area contributed by atoms with E-state index in [1.165, 1.54) is 5.19 Å². The topological polar surface area (TPSA) is 0 Å². The first-order valence-electron chi connectivity index (χ1n) is 4.90. The largest absolute Gasteiger partial charge is 0.155 e. The molecule has 0 saturated carbocycles. The molecule has 0 bridgehead atoms. The first-order chi connectivity index (χ1) is 6.49. The molecular formula is C12H17ClSi. The van der Waals surface area contributed by atoms with Crippen LogP contribution in [0.25, 0.3) is 0 Å². The summed E-state index contributed by atoms with van der Waals surface area (Å²) in [5, 5.41) is 1.28. The van der Waals surface area contributed by atoms with Gasteiger partial charge in [-0.25, -0.2) is 0 Å². The van der Waals surface area contributed by atoms with Crippen LogP contribution in [0.3, 0.4) is 0 Å². The summed E-state index contributed by atoms with van der Waals surface area (Å²) in [6.07, 6.45) is 1.08. The molecule has 0 heterocycles. The van der Waals surface area contributed by atoms with E-state index >= 15 is 0 Å². The molecule has 0 aromatic heterocycles. The molecule has 1 aromatic rings. The van der Waals surface area contributed by atoms with Gasteiger partial charge in [0.05, 0.1) is 0 Å². The van der Waals surface area contributed by atoms with Crippen LogP contribution in [-0.4, -0.2) is 13.4 Å². The molecule has 0 aliphatic heterocycles. The SMILES string of the molecule is CC(C)(C)CC=[Si](Cl)c1ccccc1. The molecule has 0 unspecified atom stereocenters. The lowest BCUT2D eigenvalue weighted by Gasteiger charge is -2.15. The third kappa shape index (κ3) is 4.21. The van der Waals surface area contributed by atoms with Crippen LogP contribution in [0.5, 0.6) is 0 Å². The Morgan fingerprint density at radius 1 is 1.21 bits per heavy atom. The number of hydrogen-bond acceptors (Lipinski definition) is 0. The molecule has 0 atom stereocenters. The van der Waals surface area contributed by atoms with Gasteiger partial charge in [0.25, 0.3) is 0 Å². The van der Waals surface area contributed by atoms with Crippen molar-refractivity contribution in [1.29, 1.82) is 0 Å². The highest BCUT2D eigenvalue weighted by Crippen LogP contribution is 2.16. The molecule has 0 fully saturated rings. The van der Waals surface area contributed by atoms with Crippen LogP contribution in [0.1, 0.15) is 27.2 Å². The van der Waals surface area contributed by atoms with Gasteiger partial charge in [0.2, 0.25) is 0 Å². The molecule has 2 heteroatoms. The molecule has 1 aromatic carbocycles. The van der Waals surface area contributed by atoms with E-state index in [-0.39, 0.29) is 0 Å². The molecule has 0 nitrogen and oxygen atoms in total. The van der Waals surface area contributed by atoms with Crippen molar-refractivity contribution in [3.05, 3.63) is 30.3 Å². The molecule has 1 rings (SSSR count). The summed E-state index contributed by atoms with van der Waals surface area (Å²) in [5.41, 5.74) is 2.63. The Kier molecular flexibility index (Phi) is 4.08. The molecule has 0 amide bonds. The van der Waals surface area contributed by atoms with E-state index in [9.17, 15) is 0 Å². The zero-order chi connectivity index (χ0) is 10.6. The molecule has 0 spiro atoms. The Balaban J connectivity index is 2.71. The molecule has 14 heavy (non-hydrogen) atoms. The van der Waals surface area contributed by atoms with E-state index in [1.807, 2.05) is 18.2 Å². The van der Waals surface area contributed by atoms with Gasteiger partial charge in [-0.2, -0.15) is 0 Å². The lowest BCUT2D eigenvalue weighted by atomic mass is 9.94. The summed E-state index contributed by atoms with van der Waals surface area (Å²) in [5.74, 6) is 0. The van der Waals surface area contributed by atoms with Crippen LogP contribution >= 0.6 is 11.1 Å². The minimum atomic E-state index is -0.953. The highest BCUT2D eigenvalue weighted by atomic mass is 35.6. The Morgan fingerprint density at radius 3 is 2.29 bits per heavy atom. The lowest BCUT2D eigenvalue weighted by molar-refractivity contribution is 0.439. The van der Waals surface area contributed by atoms with Crippen LogP contribution in [0.2, 0.25) is 0 Å². The van der Waals surface area contributed by atoms with Gasteiger partial charge in [-0.3, -0.25) is 0 Å². The monoisotopic (exact) mass is 224 g/mol. The van der Waals surface area contributed by atoms with Gasteiger partial charge in [0.15, 0.2) is 7.72 Å². The minimum absolute atomic E-state index is 0.347. The average molecular weight is 225 g/mol. The number of halogens is 1. The third-order valence-electron chi connectivity index (χ3n) is 1.94. The second-order valence-corrected chi connectivity index (χ2v) is 7.59. The summed E-state index contributed by atoms with van der Waals surface area (Å²) < 4.78 is 0. The second-order valence-electron chi connectivity index (χ2n) is 4.68. The van der Waals surface area contributed by atoms with E-state index in [0.717, 1.165) is 6.42 Å². The fraction of sp³-hybridized carbons (Fsp3) is 0.417. The van der Waals surface area contributed by atoms with Crippen molar-refractivity contribution < 1.29 is 0 Å². The molecule has 0 saturated heterocycles. The predicted molar refractivity (Wildman–Crippen MR) is 67.8 cm³/mol. The van der Waals surface area contributed by atoms with Gasteiger partial charge in [-0.1, -0.05) is 56.8 Å². The molecule has 0 aliphatic carbocycles. The molecule has 0 radical (unpaired) electrons. The van der Waals surface area contributed by atoms with E-state index in [2.05, 4.69) is 38.6 Å².